The molecule has 0 unspecified atom stereocenters. The first kappa shape index (κ1) is 28.0. The molecule has 0 saturated heterocycles. The molecule has 0 atom stereocenters. The van der Waals surface area contributed by atoms with Crippen LogP contribution in [0.5, 0.6) is 0 Å². The number of para-hydroxylation sites is 4. The van der Waals surface area contributed by atoms with Crippen LogP contribution in [-0.2, 0) is 0 Å². The van der Waals surface area contributed by atoms with Gasteiger partial charge in [-0.3, -0.25) is 0 Å². The van der Waals surface area contributed by atoms with Crippen LogP contribution in [0.1, 0.15) is 0 Å². The fourth-order valence-corrected chi connectivity index (χ4v) is 8.25. The van der Waals surface area contributed by atoms with E-state index in [1.807, 2.05) is 6.07 Å². The van der Waals surface area contributed by atoms with E-state index in [-0.39, 0.29) is 0 Å². The zero-order valence-corrected chi connectivity index (χ0v) is 27.6. The SMILES string of the molecule is c1ccc(-c2ccc(-n3c4ccccc4c4c(-c5ccc(-n6c7ccccc7c7ccccc76)cc5)cc5c6ccccc6oc5c43)cc2)cc1. The van der Waals surface area contributed by atoms with E-state index in [2.05, 4.69) is 185 Å². The molecule has 0 bridgehead atoms. The summed E-state index contributed by atoms with van der Waals surface area (Å²) < 4.78 is 11.5. The van der Waals surface area contributed by atoms with Gasteiger partial charge in [0, 0.05) is 43.7 Å². The van der Waals surface area contributed by atoms with Gasteiger partial charge >= 0.3 is 0 Å². The second-order valence-electron chi connectivity index (χ2n) is 13.3. The molecule has 3 heteroatoms. The lowest BCUT2D eigenvalue weighted by Gasteiger charge is -2.12. The van der Waals surface area contributed by atoms with E-state index in [0.29, 0.717) is 0 Å². The third kappa shape index (κ3) is 4.12. The normalized spacial score (nSPS) is 11.9. The minimum absolute atomic E-state index is 0.892. The number of furan rings is 1. The number of benzene rings is 8. The van der Waals surface area contributed by atoms with Crippen molar-refractivity contribution in [1.29, 1.82) is 0 Å². The maximum absolute atomic E-state index is 6.77. The van der Waals surface area contributed by atoms with Crippen LogP contribution < -0.4 is 0 Å². The zero-order chi connectivity index (χ0) is 33.5. The molecule has 3 aromatic heterocycles. The Hall–Kier alpha value is -6.84. The van der Waals surface area contributed by atoms with Gasteiger partial charge in [-0.05, 0) is 76.9 Å². The van der Waals surface area contributed by atoms with Crippen molar-refractivity contribution in [3.05, 3.63) is 182 Å². The summed E-state index contributed by atoms with van der Waals surface area (Å²) in [4.78, 5) is 0. The number of hydrogen-bond donors (Lipinski definition) is 0. The molecule has 51 heavy (non-hydrogen) atoms. The van der Waals surface area contributed by atoms with E-state index in [1.165, 1.54) is 54.8 Å². The minimum atomic E-state index is 0.892. The summed E-state index contributed by atoms with van der Waals surface area (Å²) in [7, 11) is 0. The van der Waals surface area contributed by atoms with Crippen LogP contribution in [0.25, 0.3) is 99.2 Å². The highest BCUT2D eigenvalue weighted by Gasteiger charge is 2.23. The van der Waals surface area contributed by atoms with Crippen molar-refractivity contribution >= 4 is 65.6 Å². The van der Waals surface area contributed by atoms with Crippen molar-refractivity contribution in [2.24, 2.45) is 0 Å². The molecule has 0 N–H and O–H groups in total. The summed E-state index contributed by atoms with van der Waals surface area (Å²) in [5.74, 6) is 0. The highest BCUT2D eigenvalue weighted by Crippen LogP contribution is 2.45. The first-order valence-electron chi connectivity index (χ1n) is 17.4. The highest BCUT2D eigenvalue weighted by atomic mass is 16.3. The number of hydrogen-bond acceptors (Lipinski definition) is 1. The van der Waals surface area contributed by atoms with Crippen molar-refractivity contribution < 1.29 is 4.42 Å². The monoisotopic (exact) mass is 650 g/mol. The van der Waals surface area contributed by atoms with Crippen molar-refractivity contribution in [3.8, 4) is 33.6 Å². The van der Waals surface area contributed by atoms with Crippen LogP contribution in [-0.4, -0.2) is 9.13 Å². The van der Waals surface area contributed by atoms with Gasteiger partial charge in [0.1, 0.15) is 5.58 Å². The first-order valence-corrected chi connectivity index (χ1v) is 17.4. The Bertz CT molecular complexity index is 3050. The van der Waals surface area contributed by atoms with E-state index in [1.54, 1.807) is 0 Å². The van der Waals surface area contributed by atoms with Crippen molar-refractivity contribution in [1.82, 2.24) is 9.13 Å². The van der Waals surface area contributed by atoms with E-state index in [4.69, 9.17) is 4.42 Å². The third-order valence-corrected chi connectivity index (χ3v) is 10.5. The van der Waals surface area contributed by atoms with E-state index in [9.17, 15) is 0 Å². The minimum Gasteiger partial charge on any atom is -0.454 e. The fraction of sp³-hybridized carbons (Fsp3) is 0. The van der Waals surface area contributed by atoms with E-state index < -0.39 is 0 Å². The zero-order valence-electron chi connectivity index (χ0n) is 27.6. The molecular weight excluding hydrogens is 621 g/mol. The number of rotatable bonds is 4. The fourth-order valence-electron chi connectivity index (χ4n) is 8.25. The summed E-state index contributed by atoms with van der Waals surface area (Å²) in [5.41, 5.74) is 13.4. The molecule has 0 fully saturated rings. The molecule has 238 valence electrons. The van der Waals surface area contributed by atoms with Gasteiger partial charge in [0.25, 0.3) is 0 Å². The number of fused-ring (bicyclic) bond motifs is 10. The van der Waals surface area contributed by atoms with Gasteiger partial charge in [0.05, 0.1) is 22.1 Å². The molecule has 8 aromatic carbocycles. The maximum atomic E-state index is 6.77. The quantitative estimate of drug-likeness (QED) is 0.186. The second-order valence-corrected chi connectivity index (χ2v) is 13.3. The average molecular weight is 651 g/mol. The molecule has 3 nitrogen and oxygen atoms in total. The Morgan fingerprint density at radius 2 is 0.843 bits per heavy atom. The lowest BCUT2D eigenvalue weighted by molar-refractivity contribution is 0.671. The molecule has 11 aromatic rings. The molecule has 0 saturated carbocycles. The first-order chi connectivity index (χ1) is 25.3. The molecule has 0 radical (unpaired) electrons. The van der Waals surface area contributed by atoms with Gasteiger partial charge < -0.3 is 13.6 Å². The van der Waals surface area contributed by atoms with Crippen LogP contribution >= 0.6 is 0 Å². The molecule has 0 spiro atoms. The van der Waals surface area contributed by atoms with Crippen LogP contribution in [0.15, 0.2) is 186 Å². The van der Waals surface area contributed by atoms with Gasteiger partial charge in [-0.2, -0.15) is 0 Å². The van der Waals surface area contributed by atoms with E-state index in [0.717, 1.165) is 44.3 Å². The lowest BCUT2D eigenvalue weighted by atomic mass is 9.96. The number of nitrogens with zero attached hydrogens (tertiary/aromatic N) is 2. The summed E-state index contributed by atoms with van der Waals surface area (Å²) >= 11 is 0. The summed E-state index contributed by atoms with van der Waals surface area (Å²) in [6.45, 7) is 0. The number of aromatic nitrogens is 2. The Kier molecular flexibility index (Phi) is 5.96. The highest BCUT2D eigenvalue weighted by molar-refractivity contribution is 6.26. The average Bonchev–Trinajstić information content (AvgIpc) is 3.86. The molecular formula is C48H30N2O. The Morgan fingerprint density at radius 3 is 1.51 bits per heavy atom. The van der Waals surface area contributed by atoms with Crippen LogP contribution in [0, 0.1) is 0 Å². The van der Waals surface area contributed by atoms with Crippen LogP contribution in [0.4, 0.5) is 0 Å². The lowest BCUT2D eigenvalue weighted by Crippen LogP contribution is -1.95. The van der Waals surface area contributed by atoms with Crippen LogP contribution in [0.3, 0.4) is 0 Å². The van der Waals surface area contributed by atoms with Gasteiger partial charge in [-0.15, -0.1) is 0 Å². The molecule has 0 aliphatic heterocycles. The molecule has 0 aliphatic carbocycles. The molecule has 0 aliphatic rings. The Balaban J connectivity index is 1.18. The van der Waals surface area contributed by atoms with Crippen molar-refractivity contribution in [2.75, 3.05) is 0 Å². The third-order valence-electron chi connectivity index (χ3n) is 10.5. The maximum Gasteiger partial charge on any atom is 0.160 e. The van der Waals surface area contributed by atoms with E-state index >= 15 is 0 Å². The molecule has 0 amide bonds. The standard InChI is InChI=1S/C48H30N2O/c1-2-12-31(13-3-1)32-22-26-35(27-23-32)50-44-20-10-6-17-39(44)46-40(30-41-38-16-7-11-21-45(38)51-48(41)47(46)50)33-24-28-34(29-25-33)49-42-18-8-4-14-36(42)37-15-5-9-19-43(37)49/h1-30H. The predicted molar refractivity (Wildman–Crippen MR) is 213 cm³/mol. The van der Waals surface area contributed by atoms with Crippen molar-refractivity contribution in [3.63, 3.8) is 0 Å². The van der Waals surface area contributed by atoms with Gasteiger partial charge in [-0.1, -0.05) is 127 Å². The van der Waals surface area contributed by atoms with Crippen LogP contribution in [0.2, 0.25) is 0 Å². The molecule has 3 heterocycles. The van der Waals surface area contributed by atoms with Gasteiger partial charge in [0.2, 0.25) is 0 Å². The second kappa shape index (κ2) is 10.8. The summed E-state index contributed by atoms with van der Waals surface area (Å²) in [6.07, 6.45) is 0. The van der Waals surface area contributed by atoms with Gasteiger partial charge in [0.15, 0.2) is 5.58 Å². The van der Waals surface area contributed by atoms with Crippen molar-refractivity contribution in [2.45, 2.75) is 0 Å². The summed E-state index contributed by atoms with van der Waals surface area (Å²) in [6, 6.07) is 65.4. The summed E-state index contributed by atoms with van der Waals surface area (Å²) in [5, 5.41) is 7.15. The largest absolute Gasteiger partial charge is 0.454 e. The van der Waals surface area contributed by atoms with Gasteiger partial charge in [-0.25, -0.2) is 0 Å². The predicted octanol–water partition coefficient (Wildman–Crippen LogP) is 13.1. The Labute approximate surface area is 293 Å². The smallest absolute Gasteiger partial charge is 0.160 e. The topological polar surface area (TPSA) is 23.0 Å². The molecule has 11 rings (SSSR count). The Morgan fingerprint density at radius 1 is 0.353 bits per heavy atom.